The van der Waals surface area contributed by atoms with Crippen LogP contribution in [0, 0.1) is 6.92 Å². The quantitative estimate of drug-likeness (QED) is 0.658. The van der Waals surface area contributed by atoms with Crippen molar-refractivity contribution >= 4 is 38.6 Å². The van der Waals surface area contributed by atoms with Crippen LogP contribution in [-0.4, -0.2) is 4.98 Å². The summed E-state index contributed by atoms with van der Waals surface area (Å²) in [5.74, 6) is 0. The molecule has 2 heterocycles. The van der Waals surface area contributed by atoms with Gasteiger partial charge in [-0.15, -0.1) is 0 Å². The summed E-state index contributed by atoms with van der Waals surface area (Å²) in [7, 11) is 0. The lowest BCUT2D eigenvalue weighted by Crippen LogP contribution is -1.79. The molecule has 4 heteroatoms. The lowest BCUT2D eigenvalue weighted by molar-refractivity contribution is 0.611. The number of fused-ring (bicyclic) bond motifs is 1. The van der Waals surface area contributed by atoms with Crippen molar-refractivity contribution in [2.45, 2.75) is 20.8 Å². The lowest BCUT2D eigenvalue weighted by atomic mass is 10.2. The molecule has 0 bridgehead atoms. The Morgan fingerprint density at radius 3 is 2.71 bits per heavy atom. The highest BCUT2D eigenvalue weighted by Crippen LogP contribution is 2.28. The molecular weight excluding hydrogens is 265 g/mol. The van der Waals surface area contributed by atoms with E-state index in [1.807, 2.05) is 20.8 Å². The topological polar surface area (TPSA) is 26.0 Å². The van der Waals surface area contributed by atoms with Crippen LogP contribution in [0.1, 0.15) is 19.4 Å². The predicted molar refractivity (Wildman–Crippen MR) is 62.8 cm³/mol. The smallest absolute Gasteiger partial charge is 0.156 e. The van der Waals surface area contributed by atoms with E-state index in [1.165, 1.54) is 0 Å². The van der Waals surface area contributed by atoms with Gasteiger partial charge in [-0.05, 0) is 34.5 Å². The Morgan fingerprint density at radius 2 is 2.07 bits per heavy atom. The maximum Gasteiger partial charge on any atom is 0.156 e. The van der Waals surface area contributed by atoms with E-state index < -0.39 is 0 Å². The van der Waals surface area contributed by atoms with Crippen LogP contribution in [0.4, 0.5) is 0 Å². The monoisotopic (exact) mass is 275 g/mol. The standard InChI is InChI=1S/C8H5BrClNO.C2H6/c1-4-2-6(10)11-7-5(9)3-12-8(4)7;1-2/h2-3H,1H3;1-2H3. The summed E-state index contributed by atoms with van der Waals surface area (Å²) in [5, 5.41) is 0.488. The number of furan rings is 1. The predicted octanol–water partition coefficient (Wildman–Crippen LogP) is 4.58. The van der Waals surface area contributed by atoms with Gasteiger partial charge in [0.05, 0.1) is 4.47 Å². The third kappa shape index (κ3) is 2.10. The van der Waals surface area contributed by atoms with E-state index in [9.17, 15) is 0 Å². The normalized spacial score (nSPS) is 9.79. The molecule has 0 aliphatic heterocycles. The molecule has 0 aromatic carbocycles. The summed E-state index contributed by atoms with van der Waals surface area (Å²) in [5.41, 5.74) is 2.56. The third-order valence-electron chi connectivity index (χ3n) is 1.63. The first-order chi connectivity index (χ1) is 6.68. The second-order valence-corrected chi connectivity index (χ2v) is 3.76. The number of aromatic nitrogens is 1. The molecule has 0 aliphatic carbocycles. The van der Waals surface area contributed by atoms with E-state index in [-0.39, 0.29) is 0 Å². The first-order valence-electron chi connectivity index (χ1n) is 4.38. The number of rotatable bonds is 0. The highest BCUT2D eigenvalue weighted by atomic mass is 79.9. The summed E-state index contributed by atoms with van der Waals surface area (Å²) in [6, 6.07) is 1.78. The zero-order valence-corrected chi connectivity index (χ0v) is 10.6. The number of hydrogen-bond donors (Lipinski definition) is 0. The fourth-order valence-corrected chi connectivity index (χ4v) is 1.71. The molecule has 0 radical (unpaired) electrons. The molecule has 2 aromatic rings. The Morgan fingerprint density at radius 1 is 1.43 bits per heavy atom. The molecular formula is C10H11BrClNO. The van der Waals surface area contributed by atoms with Crippen molar-refractivity contribution in [1.29, 1.82) is 0 Å². The second-order valence-electron chi connectivity index (χ2n) is 2.52. The van der Waals surface area contributed by atoms with Crippen LogP contribution in [0.15, 0.2) is 21.2 Å². The van der Waals surface area contributed by atoms with Gasteiger partial charge in [0.1, 0.15) is 16.9 Å². The molecule has 0 spiro atoms. The van der Waals surface area contributed by atoms with Gasteiger partial charge >= 0.3 is 0 Å². The number of aryl methyl sites for hydroxylation is 1. The average Bonchev–Trinajstić information content (AvgIpc) is 2.52. The highest BCUT2D eigenvalue weighted by Gasteiger charge is 2.08. The largest absolute Gasteiger partial charge is 0.461 e. The highest BCUT2D eigenvalue weighted by molar-refractivity contribution is 9.10. The van der Waals surface area contributed by atoms with Gasteiger partial charge in [-0.1, -0.05) is 25.4 Å². The van der Waals surface area contributed by atoms with E-state index in [2.05, 4.69) is 20.9 Å². The second kappa shape index (κ2) is 4.80. The van der Waals surface area contributed by atoms with Crippen molar-refractivity contribution in [2.24, 2.45) is 0 Å². The Kier molecular flexibility index (Phi) is 3.96. The van der Waals surface area contributed by atoms with E-state index in [0.717, 1.165) is 21.1 Å². The Hall–Kier alpha value is -0.540. The molecule has 0 fully saturated rings. The van der Waals surface area contributed by atoms with Gasteiger partial charge < -0.3 is 4.42 Å². The SMILES string of the molecule is CC.Cc1cc(Cl)nc2c(Br)coc12. The first-order valence-corrected chi connectivity index (χ1v) is 5.55. The summed E-state index contributed by atoms with van der Waals surface area (Å²) in [6.45, 7) is 5.94. The fraction of sp³-hybridized carbons (Fsp3) is 0.300. The van der Waals surface area contributed by atoms with E-state index >= 15 is 0 Å². The molecule has 2 rings (SSSR count). The van der Waals surface area contributed by atoms with E-state index in [4.69, 9.17) is 16.0 Å². The minimum absolute atomic E-state index is 0.488. The van der Waals surface area contributed by atoms with Crippen molar-refractivity contribution in [3.05, 3.63) is 27.5 Å². The minimum atomic E-state index is 0.488. The zero-order valence-electron chi connectivity index (χ0n) is 8.27. The van der Waals surface area contributed by atoms with E-state index in [0.29, 0.717) is 5.15 Å². The van der Waals surface area contributed by atoms with Crippen LogP contribution < -0.4 is 0 Å². The summed E-state index contributed by atoms with van der Waals surface area (Å²) in [4.78, 5) is 4.12. The Bertz CT molecular complexity index is 439. The first kappa shape index (κ1) is 11.5. The molecule has 0 saturated heterocycles. The lowest BCUT2D eigenvalue weighted by Gasteiger charge is -1.94. The maximum atomic E-state index is 5.78. The molecule has 0 saturated carbocycles. The van der Waals surface area contributed by atoms with Gasteiger partial charge in [-0.25, -0.2) is 4.98 Å². The molecule has 2 aromatic heterocycles. The molecule has 14 heavy (non-hydrogen) atoms. The molecule has 2 nitrogen and oxygen atoms in total. The average molecular weight is 277 g/mol. The van der Waals surface area contributed by atoms with Crippen LogP contribution in [0.25, 0.3) is 11.1 Å². The van der Waals surface area contributed by atoms with Gasteiger partial charge in [-0.2, -0.15) is 0 Å². The molecule has 0 unspecified atom stereocenters. The van der Waals surface area contributed by atoms with Crippen LogP contribution in [0.3, 0.4) is 0 Å². The summed E-state index contributed by atoms with van der Waals surface area (Å²) >= 11 is 9.10. The molecule has 76 valence electrons. The van der Waals surface area contributed by atoms with Gasteiger partial charge in [0, 0.05) is 0 Å². The van der Waals surface area contributed by atoms with Crippen LogP contribution >= 0.6 is 27.5 Å². The van der Waals surface area contributed by atoms with Crippen molar-refractivity contribution < 1.29 is 4.42 Å². The van der Waals surface area contributed by atoms with Gasteiger partial charge in [0.25, 0.3) is 0 Å². The number of pyridine rings is 1. The maximum absolute atomic E-state index is 5.78. The third-order valence-corrected chi connectivity index (χ3v) is 2.39. The van der Waals surface area contributed by atoms with Crippen molar-refractivity contribution in [1.82, 2.24) is 4.98 Å². The Labute approximate surface area is 96.4 Å². The van der Waals surface area contributed by atoms with Crippen LogP contribution in [0.2, 0.25) is 5.15 Å². The van der Waals surface area contributed by atoms with Crippen LogP contribution in [-0.2, 0) is 0 Å². The van der Waals surface area contributed by atoms with Crippen molar-refractivity contribution in [3.63, 3.8) is 0 Å². The van der Waals surface area contributed by atoms with Crippen molar-refractivity contribution in [3.8, 4) is 0 Å². The van der Waals surface area contributed by atoms with Gasteiger partial charge in [-0.3, -0.25) is 0 Å². The summed E-state index contributed by atoms with van der Waals surface area (Å²) < 4.78 is 6.10. The zero-order chi connectivity index (χ0) is 10.7. The molecule has 0 aliphatic rings. The van der Waals surface area contributed by atoms with E-state index in [1.54, 1.807) is 12.3 Å². The summed E-state index contributed by atoms with van der Waals surface area (Å²) in [6.07, 6.45) is 1.61. The minimum Gasteiger partial charge on any atom is -0.461 e. The number of halogens is 2. The number of nitrogens with zero attached hydrogens (tertiary/aromatic N) is 1. The van der Waals surface area contributed by atoms with Crippen molar-refractivity contribution in [2.75, 3.05) is 0 Å². The molecule has 0 amide bonds. The molecule has 0 N–H and O–H groups in total. The fourth-order valence-electron chi connectivity index (χ4n) is 1.10. The van der Waals surface area contributed by atoms with Gasteiger partial charge in [0.15, 0.2) is 5.58 Å². The number of hydrogen-bond acceptors (Lipinski definition) is 2. The molecule has 0 atom stereocenters. The van der Waals surface area contributed by atoms with Crippen LogP contribution in [0.5, 0.6) is 0 Å². The Balaban J connectivity index is 0.000000461. The van der Waals surface area contributed by atoms with Gasteiger partial charge in [0.2, 0.25) is 0 Å².